The molecule has 2 aromatic carbocycles. The van der Waals surface area contributed by atoms with Crippen molar-refractivity contribution in [2.45, 2.75) is 39.3 Å². The van der Waals surface area contributed by atoms with Crippen LogP contribution in [0.2, 0.25) is 0 Å². The summed E-state index contributed by atoms with van der Waals surface area (Å²) in [6, 6.07) is 16.1. The third kappa shape index (κ3) is 3.12. The monoisotopic (exact) mass is 304 g/mol. The van der Waals surface area contributed by atoms with Crippen molar-refractivity contribution in [3.8, 4) is 17.2 Å². The molecular formula is C20H20N2O. The van der Waals surface area contributed by atoms with Gasteiger partial charge in [-0.05, 0) is 40.8 Å². The van der Waals surface area contributed by atoms with Gasteiger partial charge >= 0.3 is 0 Å². The van der Waals surface area contributed by atoms with Crippen molar-refractivity contribution in [3.05, 3.63) is 59.2 Å². The number of amides is 1. The summed E-state index contributed by atoms with van der Waals surface area (Å²) in [6.07, 6.45) is 2.63. The Morgan fingerprint density at radius 1 is 1.17 bits per heavy atom. The van der Waals surface area contributed by atoms with Crippen molar-refractivity contribution in [1.82, 2.24) is 4.90 Å². The van der Waals surface area contributed by atoms with Crippen molar-refractivity contribution in [2.24, 2.45) is 0 Å². The Labute approximate surface area is 137 Å². The van der Waals surface area contributed by atoms with E-state index in [-0.39, 0.29) is 5.91 Å². The normalized spacial score (nSPS) is 12.8. The highest BCUT2D eigenvalue weighted by atomic mass is 16.2. The molecule has 0 unspecified atom stereocenters. The molecule has 116 valence electrons. The number of benzene rings is 2. The van der Waals surface area contributed by atoms with Crippen LogP contribution in [-0.2, 0) is 17.9 Å². The van der Waals surface area contributed by atoms with E-state index >= 15 is 0 Å². The highest BCUT2D eigenvalue weighted by Gasteiger charge is 2.23. The van der Waals surface area contributed by atoms with Crippen LogP contribution in [0.25, 0.3) is 11.1 Å². The fraction of sp³-hybridized carbons (Fsp3) is 0.300. The van der Waals surface area contributed by atoms with E-state index in [0.717, 1.165) is 24.0 Å². The predicted molar refractivity (Wildman–Crippen MR) is 90.4 cm³/mol. The highest BCUT2D eigenvalue weighted by Crippen LogP contribution is 2.30. The molecular weight excluding hydrogens is 284 g/mol. The number of rotatable bonds is 4. The minimum absolute atomic E-state index is 0.238. The van der Waals surface area contributed by atoms with Crippen molar-refractivity contribution >= 4 is 5.91 Å². The lowest BCUT2D eigenvalue weighted by Gasteiger charge is -2.14. The molecule has 0 spiro atoms. The number of carbonyl (C=O) groups excluding carboxylic acids is 1. The number of nitriles is 1. The van der Waals surface area contributed by atoms with Gasteiger partial charge in [-0.1, -0.05) is 43.7 Å². The van der Waals surface area contributed by atoms with E-state index in [4.69, 9.17) is 0 Å². The Hall–Kier alpha value is -2.60. The fourth-order valence-corrected chi connectivity index (χ4v) is 3.06. The number of carbonyl (C=O) groups is 1. The Kier molecular flexibility index (Phi) is 4.43. The molecule has 3 heteroatoms. The Morgan fingerprint density at radius 3 is 2.74 bits per heavy atom. The maximum absolute atomic E-state index is 12.2. The van der Waals surface area contributed by atoms with Gasteiger partial charge in [0, 0.05) is 19.5 Å². The third-order valence-corrected chi connectivity index (χ3v) is 4.38. The zero-order chi connectivity index (χ0) is 16.2. The quantitative estimate of drug-likeness (QED) is 0.847. The van der Waals surface area contributed by atoms with E-state index in [1.54, 1.807) is 0 Å². The number of hydrogen-bond donors (Lipinski definition) is 0. The van der Waals surface area contributed by atoms with Gasteiger partial charge in [0.05, 0.1) is 11.6 Å². The number of unbranched alkanes of at least 4 members (excludes halogenated alkanes) is 1. The summed E-state index contributed by atoms with van der Waals surface area (Å²) in [7, 11) is 0. The molecule has 0 radical (unpaired) electrons. The van der Waals surface area contributed by atoms with Crippen LogP contribution in [0.4, 0.5) is 0 Å². The van der Waals surface area contributed by atoms with Crippen molar-refractivity contribution in [1.29, 1.82) is 5.26 Å². The van der Waals surface area contributed by atoms with Crippen LogP contribution in [0, 0.1) is 11.3 Å². The minimum atomic E-state index is 0.238. The molecule has 0 fully saturated rings. The zero-order valence-electron chi connectivity index (χ0n) is 13.4. The minimum Gasteiger partial charge on any atom is -0.334 e. The van der Waals surface area contributed by atoms with Crippen LogP contribution in [0.3, 0.4) is 0 Å². The lowest BCUT2D eigenvalue weighted by atomic mass is 9.97. The molecule has 1 heterocycles. The van der Waals surface area contributed by atoms with Crippen LogP contribution in [0.1, 0.15) is 42.9 Å². The van der Waals surface area contributed by atoms with Gasteiger partial charge in [0.1, 0.15) is 0 Å². The van der Waals surface area contributed by atoms with Gasteiger partial charge in [-0.15, -0.1) is 0 Å². The second-order valence-electron chi connectivity index (χ2n) is 5.99. The number of hydrogen-bond acceptors (Lipinski definition) is 2. The lowest BCUT2D eigenvalue weighted by molar-refractivity contribution is -0.131. The van der Waals surface area contributed by atoms with Gasteiger partial charge < -0.3 is 4.90 Å². The average Bonchev–Trinajstić information content (AvgIpc) is 3.02. The first-order valence-electron chi connectivity index (χ1n) is 8.12. The van der Waals surface area contributed by atoms with Crippen LogP contribution in [-0.4, -0.2) is 10.8 Å². The Balaban J connectivity index is 1.84. The third-order valence-electron chi connectivity index (χ3n) is 4.38. The summed E-state index contributed by atoms with van der Waals surface area (Å²) in [5.41, 5.74) is 5.09. The smallest absolute Gasteiger partial charge is 0.223 e. The lowest BCUT2D eigenvalue weighted by Crippen LogP contribution is -2.24. The fourth-order valence-electron chi connectivity index (χ4n) is 3.06. The maximum atomic E-state index is 12.2. The second-order valence-corrected chi connectivity index (χ2v) is 5.99. The molecule has 0 saturated carbocycles. The summed E-state index contributed by atoms with van der Waals surface area (Å²) in [6.45, 7) is 3.49. The van der Waals surface area contributed by atoms with E-state index in [0.29, 0.717) is 25.1 Å². The molecule has 3 rings (SSSR count). The topological polar surface area (TPSA) is 44.1 Å². The zero-order valence-corrected chi connectivity index (χ0v) is 13.4. The summed E-state index contributed by atoms with van der Waals surface area (Å²) in [5.74, 6) is 0.238. The van der Waals surface area contributed by atoms with Gasteiger partial charge in [0.15, 0.2) is 0 Å². The molecule has 0 bridgehead atoms. The van der Waals surface area contributed by atoms with E-state index in [1.165, 1.54) is 11.1 Å². The first-order chi connectivity index (χ1) is 11.2. The number of nitrogens with zero attached hydrogens (tertiary/aromatic N) is 2. The predicted octanol–water partition coefficient (Wildman–Crippen LogP) is 4.26. The van der Waals surface area contributed by atoms with E-state index in [1.807, 2.05) is 29.2 Å². The molecule has 0 atom stereocenters. The molecule has 0 saturated heterocycles. The van der Waals surface area contributed by atoms with Crippen LogP contribution in [0.5, 0.6) is 0 Å². The van der Waals surface area contributed by atoms with Crippen molar-refractivity contribution < 1.29 is 4.79 Å². The first-order valence-corrected chi connectivity index (χ1v) is 8.12. The largest absolute Gasteiger partial charge is 0.334 e. The number of fused-ring (bicyclic) bond motifs is 1. The molecule has 0 N–H and O–H groups in total. The molecule has 0 aliphatic carbocycles. The van der Waals surface area contributed by atoms with Gasteiger partial charge in [-0.25, -0.2) is 0 Å². The Morgan fingerprint density at radius 2 is 1.96 bits per heavy atom. The molecule has 1 aliphatic heterocycles. The summed E-state index contributed by atoms with van der Waals surface area (Å²) < 4.78 is 0. The van der Waals surface area contributed by atoms with Gasteiger partial charge in [0.25, 0.3) is 0 Å². The van der Waals surface area contributed by atoms with Crippen LogP contribution < -0.4 is 0 Å². The van der Waals surface area contributed by atoms with Crippen LogP contribution in [0.15, 0.2) is 42.5 Å². The van der Waals surface area contributed by atoms with Gasteiger partial charge in [-0.2, -0.15) is 5.26 Å². The summed E-state index contributed by atoms with van der Waals surface area (Å²) in [5, 5.41) is 9.27. The summed E-state index contributed by atoms with van der Waals surface area (Å²) >= 11 is 0. The average molecular weight is 304 g/mol. The van der Waals surface area contributed by atoms with Crippen molar-refractivity contribution in [3.63, 3.8) is 0 Å². The standard InChI is InChI=1S/C20H20N2O/c1-2-3-8-20(23)22-13-17-10-9-15(11-18(17)14-22)19-7-5-4-6-16(19)12-21/h4-7,9-11H,2-3,8,13-14H2,1H3. The molecule has 23 heavy (non-hydrogen) atoms. The van der Waals surface area contributed by atoms with Crippen molar-refractivity contribution in [2.75, 3.05) is 0 Å². The molecule has 2 aromatic rings. The molecule has 1 aliphatic rings. The van der Waals surface area contributed by atoms with E-state index in [2.05, 4.69) is 31.2 Å². The highest BCUT2D eigenvalue weighted by molar-refractivity contribution is 5.77. The summed E-state index contributed by atoms with van der Waals surface area (Å²) in [4.78, 5) is 14.1. The molecule has 3 nitrogen and oxygen atoms in total. The van der Waals surface area contributed by atoms with Crippen LogP contribution >= 0.6 is 0 Å². The van der Waals surface area contributed by atoms with E-state index in [9.17, 15) is 10.1 Å². The molecule has 0 aromatic heterocycles. The molecule has 1 amide bonds. The van der Waals surface area contributed by atoms with Gasteiger partial charge in [0.2, 0.25) is 5.91 Å². The maximum Gasteiger partial charge on any atom is 0.223 e. The Bertz CT molecular complexity index is 773. The first kappa shape index (κ1) is 15.3. The second kappa shape index (κ2) is 6.66. The van der Waals surface area contributed by atoms with E-state index < -0.39 is 0 Å². The van der Waals surface area contributed by atoms with Gasteiger partial charge in [-0.3, -0.25) is 4.79 Å². The SMILES string of the molecule is CCCCC(=O)N1Cc2ccc(-c3ccccc3C#N)cc2C1.